The van der Waals surface area contributed by atoms with Gasteiger partial charge in [0.1, 0.15) is 0 Å². The molecule has 0 radical (unpaired) electrons. The topological polar surface area (TPSA) is 0 Å². The number of benzene rings is 2. The van der Waals surface area contributed by atoms with Gasteiger partial charge in [0.25, 0.3) is 0 Å². The van der Waals surface area contributed by atoms with Gasteiger partial charge in [-0.05, 0) is 48.9 Å². The van der Waals surface area contributed by atoms with Crippen LogP contribution in [0.1, 0.15) is 102 Å². The predicted octanol–water partition coefficient (Wildman–Crippen LogP) is 9.42. The summed E-state index contributed by atoms with van der Waals surface area (Å²) in [5.41, 5.74) is 1.53. The third-order valence-corrected chi connectivity index (χ3v) is 5.93. The quantitative estimate of drug-likeness (QED) is 0.201. The molecular formula is C28H42. The summed E-state index contributed by atoms with van der Waals surface area (Å²) in [6.45, 7) is 2.12. The van der Waals surface area contributed by atoms with Gasteiger partial charge in [0, 0.05) is 0 Å². The van der Waals surface area contributed by atoms with Crippen molar-refractivity contribution in [1.82, 2.24) is 0 Å². The standard InChI is InChI=1S/C28H42/c1-2-3-4-5-6-7-8-9-10-11-12-13-14-15-16-17-21-26-23-20-24-27-22-18-19-25-28(26)27/h2-3,18-20,22-25H,4-17,21H2,1H3/b3-2+. The SMILES string of the molecule is C/C=C/CCCCCCCCCCCCCCCc1cccc2ccccc12. The summed E-state index contributed by atoms with van der Waals surface area (Å²) in [7, 11) is 0. The van der Waals surface area contributed by atoms with Crippen molar-refractivity contribution in [2.45, 2.75) is 103 Å². The van der Waals surface area contributed by atoms with E-state index in [1.807, 2.05) is 0 Å². The van der Waals surface area contributed by atoms with Gasteiger partial charge in [-0.15, -0.1) is 0 Å². The van der Waals surface area contributed by atoms with Crippen LogP contribution in [0.4, 0.5) is 0 Å². The largest absolute Gasteiger partial charge is 0.0917 e. The molecule has 0 heteroatoms. The summed E-state index contributed by atoms with van der Waals surface area (Å²) in [5.74, 6) is 0. The molecule has 0 N–H and O–H groups in total. The van der Waals surface area contributed by atoms with Gasteiger partial charge < -0.3 is 0 Å². The minimum atomic E-state index is 1.23. The average molecular weight is 379 g/mol. The molecule has 0 amide bonds. The lowest BCUT2D eigenvalue weighted by molar-refractivity contribution is 0.537. The van der Waals surface area contributed by atoms with Gasteiger partial charge >= 0.3 is 0 Å². The van der Waals surface area contributed by atoms with Gasteiger partial charge in [-0.2, -0.15) is 0 Å². The minimum absolute atomic E-state index is 1.23. The van der Waals surface area contributed by atoms with Crippen LogP contribution >= 0.6 is 0 Å². The monoisotopic (exact) mass is 378 g/mol. The molecular weight excluding hydrogens is 336 g/mol. The fourth-order valence-electron chi connectivity index (χ4n) is 4.20. The van der Waals surface area contributed by atoms with Gasteiger partial charge in [0.15, 0.2) is 0 Å². The first kappa shape index (κ1) is 22.7. The number of allylic oxidation sites excluding steroid dienone is 2. The predicted molar refractivity (Wildman–Crippen MR) is 127 cm³/mol. The number of hydrogen-bond donors (Lipinski definition) is 0. The summed E-state index contributed by atoms with van der Waals surface area (Å²) < 4.78 is 0. The van der Waals surface area contributed by atoms with Crippen LogP contribution in [0.2, 0.25) is 0 Å². The van der Waals surface area contributed by atoms with Gasteiger partial charge in [0.2, 0.25) is 0 Å². The summed E-state index contributed by atoms with van der Waals surface area (Å²) in [5, 5.41) is 2.83. The molecule has 0 saturated heterocycles. The maximum Gasteiger partial charge on any atom is -0.0152 e. The maximum atomic E-state index is 2.31. The maximum absolute atomic E-state index is 2.31. The summed E-state index contributed by atoms with van der Waals surface area (Å²) in [6, 6.07) is 15.5. The lowest BCUT2D eigenvalue weighted by atomic mass is 9.99. The van der Waals surface area contributed by atoms with Crippen LogP contribution in [0, 0.1) is 0 Å². The van der Waals surface area contributed by atoms with E-state index >= 15 is 0 Å². The van der Waals surface area contributed by atoms with Crippen molar-refractivity contribution in [2.24, 2.45) is 0 Å². The Hall–Kier alpha value is -1.56. The zero-order valence-electron chi connectivity index (χ0n) is 18.3. The van der Waals surface area contributed by atoms with Crippen molar-refractivity contribution in [3.63, 3.8) is 0 Å². The molecule has 154 valence electrons. The summed E-state index contributed by atoms with van der Waals surface area (Å²) in [6.07, 6.45) is 25.5. The van der Waals surface area contributed by atoms with Crippen molar-refractivity contribution < 1.29 is 0 Å². The van der Waals surface area contributed by atoms with Crippen LogP contribution in [-0.4, -0.2) is 0 Å². The molecule has 0 nitrogen and oxygen atoms in total. The van der Waals surface area contributed by atoms with Crippen LogP contribution < -0.4 is 0 Å². The summed E-state index contributed by atoms with van der Waals surface area (Å²) >= 11 is 0. The number of rotatable bonds is 16. The van der Waals surface area contributed by atoms with Crippen molar-refractivity contribution in [2.75, 3.05) is 0 Å². The van der Waals surface area contributed by atoms with E-state index in [-0.39, 0.29) is 0 Å². The third kappa shape index (κ3) is 9.58. The zero-order chi connectivity index (χ0) is 19.7. The Labute approximate surface area is 174 Å². The highest BCUT2D eigenvalue weighted by molar-refractivity contribution is 5.85. The van der Waals surface area contributed by atoms with E-state index in [9.17, 15) is 0 Å². The zero-order valence-corrected chi connectivity index (χ0v) is 18.3. The Balaban J connectivity index is 1.38. The molecule has 0 heterocycles. The normalized spacial score (nSPS) is 11.6. The molecule has 0 unspecified atom stereocenters. The van der Waals surface area contributed by atoms with Crippen molar-refractivity contribution in [3.8, 4) is 0 Å². The second-order valence-corrected chi connectivity index (χ2v) is 8.34. The Morgan fingerprint density at radius 1 is 0.571 bits per heavy atom. The molecule has 0 spiro atoms. The lowest BCUT2D eigenvalue weighted by Gasteiger charge is -2.07. The van der Waals surface area contributed by atoms with Gasteiger partial charge in [0.05, 0.1) is 0 Å². The van der Waals surface area contributed by atoms with E-state index in [0.717, 1.165) is 0 Å². The van der Waals surface area contributed by atoms with E-state index in [0.29, 0.717) is 0 Å². The van der Waals surface area contributed by atoms with E-state index in [4.69, 9.17) is 0 Å². The van der Waals surface area contributed by atoms with Gasteiger partial charge in [-0.1, -0.05) is 125 Å². The van der Waals surface area contributed by atoms with E-state index in [2.05, 4.69) is 61.5 Å². The highest BCUT2D eigenvalue weighted by atomic mass is 14.1. The first-order chi connectivity index (χ1) is 13.9. The third-order valence-electron chi connectivity index (χ3n) is 5.93. The van der Waals surface area contributed by atoms with Crippen LogP contribution in [0.25, 0.3) is 10.8 Å². The lowest BCUT2D eigenvalue weighted by Crippen LogP contribution is -1.88. The Kier molecular flexibility index (Phi) is 12.5. The molecule has 28 heavy (non-hydrogen) atoms. The smallest absolute Gasteiger partial charge is 0.0152 e. The highest BCUT2D eigenvalue weighted by Crippen LogP contribution is 2.21. The molecule has 0 atom stereocenters. The number of fused-ring (bicyclic) bond motifs is 1. The fraction of sp³-hybridized carbons (Fsp3) is 0.571. The van der Waals surface area contributed by atoms with Crippen molar-refractivity contribution in [1.29, 1.82) is 0 Å². The first-order valence-corrected chi connectivity index (χ1v) is 12.0. The van der Waals surface area contributed by atoms with Crippen LogP contribution in [-0.2, 0) is 6.42 Å². The molecule has 0 saturated carbocycles. The van der Waals surface area contributed by atoms with Crippen molar-refractivity contribution in [3.05, 3.63) is 60.2 Å². The van der Waals surface area contributed by atoms with Crippen molar-refractivity contribution >= 4 is 10.8 Å². The second kappa shape index (κ2) is 15.4. The molecule has 0 bridgehead atoms. The highest BCUT2D eigenvalue weighted by Gasteiger charge is 2.00. The minimum Gasteiger partial charge on any atom is -0.0917 e. The molecule has 0 aromatic heterocycles. The Bertz CT molecular complexity index is 647. The Morgan fingerprint density at radius 2 is 1.11 bits per heavy atom. The molecule has 2 aromatic carbocycles. The van der Waals surface area contributed by atoms with E-state index in [1.54, 1.807) is 0 Å². The van der Waals surface area contributed by atoms with Gasteiger partial charge in [-0.25, -0.2) is 0 Å². The van der Waals surface area contributed by atoms with E-state index in [1.165, 1.54) is 113 Å². The Morgan fingerprint density at radius 3 is 1.75 bits per heavy atom. The molecule has 2 aromatic rings. The van der Waals surface area contributed by atoms with Crippen LogP contribution in [0.3, 0.4) is 0 Å². The average Bonchev–Trinajstić information content (AvgIpc) is 2.73. The second-order valence-electron chi connectivity index (χ2n) is 8.34. The first-order valence-electron chi connectivity index (χ1n) is 12.0. The number of hydrogen-bond acceptors (Lipinski definition) is 0. The molecule has 2 rings (SSSR count). The summed E-state index contributed by atoms with van der Waals surface area (Å²) in [4.78, 5) is 0. The van der Waals surface area contributed by atoms with Gasteiger partial charge in [-0.3, -0.25) is 0 Å². The van der Waals surface area contributed by atoms with Crippen LogP contribution in [0.5, 0.6) is 0 Å². The number of aryl methyl sites for hydroxylation is 1. The molecule has 0 aliphatic heterocycles. The molecule has 0 aliphatic carbocycles. The number of unbranched alkanes of at least 4 members (excludes halogenated alkanes) is 13. The molecule has 0 fully saturated rings. The molecule has 0 aliphatic rings. The fourth-order valence-corrected chi connectivity index (χ4v) is 4.20. The van der Waals surface area contributed by atoms with E-state index < -0.39 is 0 Å². The van der Waals surface area contributed by atoms with Crippen LogP contribution in [0.15, 0.2) is 54.6 Å².